The van der Waals surface area contributed by atoms with Gasteiger partial charge in [0.15, 0.2) is 5.76 Å². The number of aryl methyl sites for hydroxylation is 2. The Balaban J connectivity index is 1.69. The topological polar surface area (TPSA) is 56.9 Å². The number of aliphatic hydroxyl groups is 1. The van der Waals surface area contributed by atoms with Crippen molar-refractivity contribution in [1.82, 2.24) is 4.90 Å². The molecule has 0 atom stereocenters. The Morgan fingerprint density at radius 3 is 2.46 bits per heavy atom. The number of carbonyl (C=O) groups is 1. The van der Waals surface area contributed by atoms with E-state index in [4.69, 9.17) is 9.52 Å². The minimum atomic E-state index is -0.186. The fourth-order valence-corrected chi connectivity index (χ4v) is 3.21. The highest BCUT2D eigenvalue weighted by atomic mass is 16.4. The molecule has 0 spiro atoms. The van der Waals surface area contributed by atoms with Gasteiger partial charge in [0.05, 0.1) is 0 Å². The zero-order valence-corrected chi connectivity index (χ0v) is 14.5. The van der Waals surface area contributed by atoms with Crippen LogP contribution in [-0.2, 0) is 6.61 Å². The normalized spacial score (nSPS) is 15.0. The zero-order chi connectivity index (χ0) is 17.3. The Bertz CT molecular complexity index is 743. The highest BCUT2D eigenvalue weighted by Crippen LogP contribution is 2.25. The molecule has 0 radical (unpaired) electrons. The van der Waals surface area contributed by atoms with Crippen LogP contribution in [0, 0.1) is 20.8 Å². The molecule has 0 aliphatic carbocycles. The second-order valence-corrected chi connectivity index (χ2v) is 6.38. The summed E-state index contributed by atoms with van der Waals surface area (Å²) in [7, 11) is 0. The first-order valence-corrected chi connectivity index (χ1v) is 8.32. The predicted octanol–water partition coefficient (Wildman–Crippen LogP) is 2.66. The van der Waals surface area contributed by atoms with Crippen molar-refractivity contribution in [2.45, 2.75) is 27.4 Å². The Kier molecular flexibility index (Phi) is 4.62. The summed E-state index contributed by atoms with van der Waals surface area (Å²) in [5.74, 6) is 0.692. The third-order valence-electron chi connectivity index (χ3n) is 4.80. The van der Waals surface area contributed by atoms with E-state index < -0.39 is 0 Å². The van der Waals surface area contributed by atoms with E-state index in [0.717, 1.165) is 18.7 Å². The second-order valence-electron chi connectivity index (χ2n) is 6.38. The van der Waals surface area contributed by atoms with E-state index in [9.17, 15) is 4.79 Å². The quantitative estimate of drug-likeness (QED) is 0.941. The number of rotatable bonds is 3. The molecule has 1 fully saturated rings. The van der Waals surface area contributed by atoms with Crippen LogP contribution in [0.2, 0.25) is 0 Å². The first-order valence-electron chi connectivity index (χ1n) is 8.32. The number of benzene rings is 1. The largest absolute Gasteiger partial charge is 0.453 e. The highest BCUT2D eigenvalue weighted by Gasteiger charge is 2.26. The van der Waals surface area contributed by atoms with Crippen LogP contribution in [0.15, 0.2) is 28.7 Å². The molecular weight excluding hydrogens is 304 g/mol. The summed E-state index contributed by atoms with van der Waals surface area (Å²) in [6.45, 7) is 8.87. The van der Waals surface area contributed by atoms with E-state index in [1.54, 1.807) is 6.07 Å². The summed E-state index contributed by atoms with van der Waals surface area (Å²) in [6.07, 6.45) is 0. The molecular formula is C19H24N2O3. The van der Waals surface area contributed by atoms with E-state index in [-0.39, 0.29) is 12.5 Å². The number of piperazine rings is 1. The van der Waals surface area contributed by atoms with Crippen LogP contribution in [0.1, 0.15) is 33.0 Å². The SMILES string of the molecule is Cc1cc(CO)oc1C(=O)N1CCN(c2cccc(C)c2C)CC1. The second kappa shape index (κ2) is 6.69. The maximum atomic E-state index is 12.6. The van der Waals surface area contributed by atoms with Crippen LogP contribution < -0.4 is 4.90 Å². The molecule has 5 heteroatoms. The van der Waals surface area contributed by atoms with Crippen molar-refractivity contribution in [3.63, 3.8) is 0 Å². The van der Waals surface area contributed by atoms with Crippen molar-refractivity contribution in [3.8, 4) is 0 Å². The molecule has 5 nitrogen and oxygen atoms in total. The van der Waals surface area contributed by atoms with E-state index in [1.807, 2.05) is 11.8 Å². The van der Waals surface area contributed by atoms with Crippen LogP contribution in [-0.4, -0.2) is 42.1 Å². The smallest absolute Gasteiger partial charge is 0.289 e. The number of aliphatic hydroxyl groups excluding tert-OH is 1. The van der Waals surface area contributed by atoms with Crippen molar-refractivity contribution < 1.29 is 14.3 Å². The molecule has 1 saturated heterocycles. The summed E-state index contributed by atoms with van der Waals surface area (Å²) in [5, 5.41) is 9.15. The highest BCUT2D eigenvalue weighted by molar-refractivity contribution is 5.93. The fraction of sp³-hybridized carbons (Fsp3) is 0.421. The van der Waals surface area contributed by atoms with Crippen LogP contribution >= 0.6 is 0 Å². The Morgan fingerprint density at radius 2 is 1.83 bits per heavy atom. The van der Waals surface area contributed by atoms with Crippen molar-refractivity contribution in [2.24, 2.45) is 0 Å². The molecule has 0 bridgehead atoms. The molecule has 1 N–H and O–H groups in total. The molecule has 0 unspecified atom stereocenters. The summed E-state index contributed by atoms with van der Waals surface area (Å²) in [6, 6.07) is 8.07. The third-order valence-corrected chi connectivity index (χ3v) is 4.80. The van der Waals surface area contributed by atoms with Gasteiger partial charge in [0, 0.05) is 37.4 Å². The van der Waals surface area contributed by atoms with Gasteiger partial charge in [-0.15, -0.1) is 0 Å². The van der Waals surface area contributed by atoms with Crippen LogP contribution in [0.4, 0.5) is 5.69 Å². The van der Waals surface area contributed by atoms with Gasteiger partial charge < -0.3 is 19.3 Å². The Hall–Kier alpha value is -2.27. The fourth-order valence-electron chi connectivity index (χ4n) is 3.21. The van der Waals surface area contributed by atoms with Gasteiger partial charge in [-0.25, -0.2) is 0 Å². The summed E-state index contributed by atoms with van der Waals surface area (Å²) >= 11 is 0. The average molecular weight is 328 g/mol. The number of furan rings is 1. The first kappa shape index (κ1) is 16.6. The lowest BCUT2D eigenvalue weighted by Gasteiger charge is -2.36. The van der Waals surface area contributed by atoms with E-state index >= 15 is 0 Å². The molecule has 2 aromatic rings. The third kappa shape index (κ3) is 3.04. The number of amides is 1. The van der Waals surface area contributed by atoms with Gasteiger partial charge in [0.2, 0.25) is 0 Å². The van der Waals surface area contributed by atoms with Gasteiger partial charge in [0.1, 0.15) is 12.4 Å². The molecule has 1 aliphatic heterocycles. The lowest BCUT2D eigenvalue weighted by molar-refractivity contribution is 0.0709. The molecule has 1 aliphatic rings. The minimum Gasteiger partial charge on any atom is -0.453 e. The number of hydrogen-bond acceptors (Lipinski definition) is 4. The number of hydrogen-bond donors (Lipinski definition) is 1. The molecule has 1 amide bonds. The number of nitrogens with zero attached hydrogens (tertiary/aromatic N) is 2. The molecule has 0 saturated carbocycles. The maximum absolute atomic E-state index is 12.6. The molecule has 1 aromatic heterocycles. The van der Waals surface area contributed by atoms with Gasteiger partial charge in [-0.05, 0) is 44.0 Å². The van der Waals surface area contributed by atoms with Gasteiger partial charge in [-0.1, -0.05) is 12.1 Å². The van der Waals surface area contributed by atoms with Crippen LogP contribution in [0.25, 0.3) is 0 Å². The van der Waals surface area contributed by atoms with Gasteiger partial charge >= 0.3 is 0 Å². The molecule has 24 heavy (non-hydrogen) atoms. The van der Waals surface area contributed by atoms with Crippen molar-refractivity contribution in [3.05, 3.63) is 52.5 Å². The summed E-state index contributed by atoms with van der Waals surface area (Å²) in [4.78, 5) is 16.8. The molecule has 3 rings (SSSR count). The van der Waals surface area contributed by atoms with Crippen LogP contribution in [0.5, 0.6) is 0 Å². The lowest BCUT2D eigenvalue weighted by Crippen LogP contribution is -2.49. The Labute approximate surface area is 142 Å². The maximum Gasteiger partial charge on any atom is 0.289 e. The van der Waals surface area contributed by atoms with Gasteiger partial charge in [-0.3, -0.25) is 4.79 Å². The molecule has 128 valence electrons. The van der Waals surface area contributed by atoms with Gasteiger partial charge in [-0.2, -0.15) is 0 Å². The van der Waals surface area contributed by atoms with E-state index in [1.165, 1.54) is 16.8 Å². The number of anilines is 1. The summed E-state index contributed by atoms with van der Waals surface area (Å²) in [5.41, 5.74) is 4.61. The summed E-state index contributed by atoms with van der Waals surface area (Å²) < 4.78 is 5.47. The van der Waals surface area contributed by atoms with E-state index in [2.05, 4.69) is 36.9 Å². The molecule has 2 heterocycles. The van der Waals surface area contributed by atoms with Gasteiger partial charge in [0.25, 0.3) is 5.91 Å². The van der Waals surface area contributed by atoms with E-state index in [0.29, 0.717) is 24.6 Å². The van der Waals surface area contributed by atoms with Crippen molar-refractivity contribution in [1.29, 1.82) is 0 Å². The van der Waals surface area contributed by atoms with Crippen LogP contribution in [0.3, 0.4) is 0 Å². The Morgan fingerprint density at radius 1 is 1.12 bits per heavy atom. The monoisotopic (exact) mass is 328 g/mol. The lowest BCUT2D eigenvalue weighted by atomic mass is 10.1. The average Bonchev–Trinajstić information content (AvgIpc) is 2.98. The van der Waals surface area contributed by atoms with Crippen molar-refractivity contribution in [2.75, 3.05) is 31.1 Å². The standard InChI is InChI=1S/C19H24N2O3/c1-13-5-4-6-17(15(13)3)20-7-9-21(10-8-20)19(23)18-14(2)11-16(12-22)24-18/h4-6,11,22H,7-10,12H2,1-3H3. The predicted molar refractivity (Wildman–Crippen MR) is 93.4 cm³/mol. The molecule has 1 aromatic carbocycles. The number of carbonyl (C=O) groups excluding carboxylic acids is 1. The van der Waals surface area contributed by atoms with Crippen molar-refractivity contribution >= 4 is 11.6 Å². The first-order chi connectivity index (χ1) is 11.5. The minimum absolute atomic E-state index is 0.0900. The zero-order valence-electron chi connectivity index (χ0n) is 14.5.